The van der Waals surface area contributed by atoms with E-state index in [4.69, 9.17) is 0 Å². The first-order valence-corrected chi connectivity index (χ1v) is 6.76. The second-order valence-corrected chi connectivity index (χ2v) is 5.36. The molecule has 3 nitrogen and oxygen atoms in total. The quantitative estimate of drug-likeness (QED) is 0.773. The SMILES string of the molecule is OC1CCC(CNCc2ccc3[nH]ccc3c2)C1. The highest BCUT2D eigenvalue weighted by atomic mass is 16.3. The van der Waals surface area contributed by atoms with Gasteiger partial charge in [-0.05, 0) is 60.9 Å². The highest BCUT2D eigenvalue weighted by Crippen LogP contribution is 2.24. The van der Waals surface area contributed by atoms with E-state index in [2.05, 4.69) is 34.6 Å². The Kier molecular flexibility index (Phi) is 3.35. The van der Waals surface area contributed by atoms with E-state index in [1.807, 2.05) is 6.20 Å². The topological polar surface area (TPSA) is 48.0 Å². The first-order chi connectivity index (χ1) is 8.81. The molecule has 0 saturated heterocycles. The zero-order chi connectivity index (χ0) is 12.4. The van der Waals surface area contributed by atoms with Crippen LogP contribution in [-0.4, -0.2) is 22.7 Å². The molecule has 1 fully saturated rings. The summed E-state index contributed by atoms with van der Waals surface area (Å²) in [4.78, 5) is 3.20. The van der Waals surface area contributed by atoms with Crippen LogP contribution in [0.25, 0.3) is 10.9 Å². The standard InChI is InChI=1S/C15H20N2O/c18-14-3-1-12(8-14)10-16-9-11-2-4-15-13(7-11)5-6-17-15/h2,4-7,12,14,16-18H,1,3,8-10H2. The van der Waals surface area contributed by atoms with Gasteiger partial charge in [0.2, 0.25) is 0 Å². The summed E-state index contributed by atoms with van der Waals surface area (Å²) in [7, 11) is 0. The van der Waals surface area contributed by atoms with Crippen molar-refractivity contribution >= 4 is 10.9 Å². The molecule has 0 spiro atoms. The van der Waals surface area contributed by atoms with Crippen molar-refractivity contribution in [2.24, 2.45) is 5.92 Å². The smallest absolute Gasteiger partial charge is 0.0543 e. The minimum Gasteiger partial charge on any atom is -0.393 e. The van der Waals surface area contributed by atoms with Crippen molar-refractivity contribution in [1.82, 2.24) is 10.3 Å². The molecular weight excluding hydrogens is 224 g/mol. The molecule has 1 aliphatic rings. The maximum Gasteiger partial charge on any atom is 0.0543 e. The maximum absolute atomic E-state index is 9.48. The fraction of sp³-hybridized carbons (Fsp3) is 0.467. The highest BCUT2D eigenvalue weighted by Gasteiger charge is 2.21. The van der Waals surface area contributed by atoms with Gasteiger partial charge < -0.3 is 15.4 Å². The lowest BCUT2D eigenvalue weighted by Gasteiger charge is -2.10. The van der Waals surface area contributed by atoms with Crippen molar-refractivity contribution in [3.05, 3.63) is 36.0 Å². The zero-order valence-electron chi connectivity index (χ0n) is 10.5. The second kappa shape index (κ2) is 5.12. The number of hydrogen-bond donors (Lipinski definition) is 3. The molecular formula is C15H20N2O. The van der Waals surface area contributed by atoms with Crippen molar-refractivity contribution in [1.29, 1.82) is 0 Å². The third kappa shape index (κ3) is 2.57. The normalized spacial score (nSPS) is 23.8. The number of rotatable bonds is 4. The predicted octanol–water partition coefficient (Wildman–Crippen LogP) is 2.42. The van der Waals surface area contributed by atoms with Gasteiger partial charge in [0, 0.05) is 18.3 Å². The maximum atomic E-state index is 9.48. The largest absolute Gasteiger partial charge is 0.393 e. The van der Waals surface area contributed by atoms with Crippen molar-refractivity contribution in [2.45, 2.75) is 31.9 Å². The average Bonchev–Trinajstić information content (AvgIpc) is 2.97. The van der Waals surface area contributed by atoms with E-state index < -0.39 is 0 Å². The lowest BCUT2D eigenvalue weighted by atomic mass is 10.1. The lowest BCUT2D eigenvalue weighted by molar-refractivity contribution is 0.177. The molecule has 3 N–H and O–H groups in total. The van der Waals surface area contributed by atoms with Gasteiger partial charge in [0.1, 0.15) is 0 Å². The van der Waals surface area contributed by atoms with Gasteiger partial charge in [-0.3, -0.25) is 0 Å². The van der Waals surface area contributed by atoms with Gasteiger partial charge in [0.25, 0.3) is 0 Å². The minimum atomic E-state index is -0.0620. The van der Waals surface area contributed by atoms with Crippen molar-refractivity contribution in [2.75, 3.05) is 6.54 Å². The molecule has 96 valence electrons. The van der Waals surface area contributed by atoms with Gasteiger partial charge in [0.15, 0.2) is 0 Å². The molecule has 0 aliphatic heterocycles. The number of aliphatic hydroxyl groups is 1. The molecule has 0 radical (unpaired) electrons. The summed E-state index contributed by atoms with van der Waals surface area (Å²) in [5.74, 6) is 0.649. The monoisotopic (exact) mass is 244 g/mol. The van der Waals surface area contributed by atoms with Crippen LogP contribution in [0, 0.1) is 5.92 Å². The first-order valence-electron chi connectivity index (χ1n) is 6.76. The fourth-order valence-corrected chi connectivity index (χ4v) is 2.87. The number of H-pyrrole nitrogens is 1. The number of fused-ring (bicyclic) bond motifs is 1. The molecule has 18 heavy (non-hydrogen) atoms. The highest BCUT2D eigenvalue weighted by molar-refractivity contribution is 5.79. The molecule has 1 heterocycles. The van der Waals surface area contributed by atoms with Crippen molar-refractivity contribution < 1.29 is 5.11 Å². The van der Waals surface area contributed by atoms with E-state index in [0.717, 1.165) is 32.4 Å². The van der Waals surface area contributed by atoms with Gasteiger partial charge in [-0.15, -0.1) is 0 Å². The van der Waals surface area contributed by atoms with Gasteiger partial charge in [-0.25, -0.2) is 0 Å². The van der Waals surface area contributed by atoms with E-state index in [1.165, 1.54) is 16.5 Å². The summed E-state index contributed by atoms with van der Waals surface area (Å²) >= 11 is 0. The van der Waals surface area contributed by atoms with Gasteiger partial charge >= 0.3 is 0 Å². The summed E-state index contributed by atoms with van der Waals surface area (Å²) in [5, 5.41) is 14.2. The Morgan fingerprint density at radius 2 is 2.22 bits per heavy atom. The fourth-order valence-electron chi connectivity index (χ4n) is 2.87. The molecule has 1 saturated carbocycles. The molecule has 3 rings (SSSR count). The average molecular weight is 244 g/mol. The molecule has 2 unspecified atom stereocenters. The number of aromatic nitrogens is 1. The van der Waals surface area contributed by atoms with Crippen LogP contribution in [0.5, 0.6) is 0 Å². The second-order valence-electron chi connectivity index (χ2n) is 5.36. The number of benzene rings is 1. The van der Waals surface area contributed by atoms with Crippen LogP contribution < -0.4 is 5.32 Å². The Balaban J connectivity index is 1.53. The molecule has 1 aromatic heterocycles. The van der Waals surface area contributed by atoms with Crippen LogP contribution in [0.4, 0.5) is 0 Å². The van der Waals surface area contributed by atoms with Crippen molar-refractivity contribution in [3.8, 4) is 0 Å². The molecule has 0 bridgehead atoms. The summed E-state index contributed by atoms with van der Waals surface area (Å²) in [5.41, 5.74) is 2.51. The predicted molar refractivity (Wildman–Crippen MR) is 73.4 cm³/mol. The van der Waals surface area contributed by atoms with Crippen LogP contribution in [0.15, 0.2) is 30.5 Å². The Hall–Kier alpha value is -1.32. The molecule has 2 aromatic rings. The van der Waals surface area contributed by atoms with Crippen LogP contribution >= 0.6 is 0 Å². The minimum absolute atomic E-state index is 0.0620. The van der Waals surface area contributed by atoms with E-state index >= 15 is 0 Å². The Morgan fingerprint density at radius 1 is 1.28 bits per heavy atom. The van der Waals surface area contributed by atoms with Gasteiger partial charge in [0.05, 0.1) is 6.10 Å². The molecule has 3 heteroatoms. The third-order valence-electron chi connectivity index (χ3n) is 3.89. The van der Waals surface area contributed by atoms with Crippen LogP contribution in [0.2, 0.25) is 0 Å². The third-order valence-corrected chi connectivity index (χ3v) is 3.89. The number of aromatic amines is 1. The first kappa shape index (κ1) is 11.8. The van der Waals surface area contributed by atoms with Gasteiger partial charge in [-0.2, -0.15) is 0 Å². The van der Waals surface area contributed by atoms with E-state index in [0.29, 0.717) is 5.92 Å². The number of aliphatic hydroxyl groups excluding tert-OH is 1. The summed E-state index contributed by atoms with van der Waals surface area (Å²) in [6.45, 7) is 1.93. The Bertz CT molecular complexity index is 520. The molecule has 1 aromatic carbocycles. The van der Waals surface area contributed by atoms with Crippen LogP contribution in [-0.2, 0) is 6.54 Å². The molecule has 2 atom stereocenters. The molecule has 0 amide bonds. The number of hydrogen-bond acceptors (Lipinski definition) is 2. The Morgan fingerprint density at radius 3 is 3.06 bits per heavy atom. The van der Waals surface area contributed by atoms with Crippen LogP contribution in [0.1, 0.15) is 24.8 Å². The van der Waals surface area contributed by atoms with E-state index in [1.54, 1.807) is 0 Å². The van der Waals surface area contributed by atoms with Crippen molar-refractivity contribution in [3.63, 3.8) is 0 Å². The van der Waals surface area contributed by atoms with E-state index in [9.17, 15) is 5.11 Å². The Labute approximate surface area is 107 Å². The zero-order valence-corrected chi connectivity index (χ0v) is 10.5. The van der Waals surface area contributed by atoms with Crippen LogP contribution in [0.3, 0.4) is 0 Å². The van der Waals surface area contributed by atoms with Gasteiger partial charge in [-0.1, -0.05) is 6.07 Å². The summed E-state index contributed by atoms with van der Waals surface area (Å²) in [6.07, 6.45) is 5.01. The van der Waals surface area contributed by atoms with E-state index in [-0.39, 0.29) is 6.10 Å². The summed E-state index contributed by atoms with van der Waals surface area (Å²) in [6, 6.07) is 8.62. The summed E-state index contributed by atoms with van der Waals surface area (Å²) < 4.78 is 0. The molecule has 1 aliphatic carbocycles. The lowest BCUT2D eigenvalue weighted by Crippen LogP contribution is -2.21. The number of nitrogens with one attached hydrogen (secondary N) is 2.